The monoisotopic (exact) mass is 324 g/mol. The molecule has 0 saturated heterocycles. The molecule has 0 aliphatic carbocycles. The third-order valence-electron chi connectivity index (χ3n) is 4.18. The molecular weight excluding hydrogens is 304 g/mol. The Morgan fingerprint density at radius 1 is 1.25 bits per heavy atom. The molecule has 1 heterocycles. The van der Waals surface area contributed by atoms with Crippen LogP contribution in [0.3, 0.4) is 0 Å². The largest absolute Gasteiger partial charge is 0.497 e. The van der Waals surface area contributed by atoms with Crippen LogP contribution in [0.4, 0.5) is 5.69 Å². The summed E-state index contributed by atoms with van der Waals surface area (Å²) in [5.74, 6) is 0.696. The fraction of sp³-hybridized carbons (Fsp3) is 0.263. The van der Waals surface area contributed by atoms with Gasteiger partial charge in [0.25, 0.3) is 5.91 Å². The van der Waals surface area contributed by atoms with E-state index in [1.807, 2.05) is 43.3 Å². The van der Waals surface area contributed by atoms with E-state index in [-0.39, 0.29) is 11.8 Å². The fourth-order valence-electron chi connectivity index (χ4n) is 2.94. The number of rotatable bonds is 5. The van der Waals surface area contributed by atoms with Crippen LogP contribution in [0, 0.1) is 0 Å². The number of carbonyl (C=O) groups is 2. The minimum absolute atomic E-state index is 0.0847. The lowest BCUT2D eigenvalue weighted by Crippen LogP contribution is -2.25. The quantitative estimate of drug-likeness (QED) is 0.919. The third-order valence-corrected chi connectivity index (χ3v) is 4.18. The van der Waals surface area contributed by atoms with E-state index in [2.05, 4.69) is 5.32 Å². The first-order valence-corrected chi connectivity index (χ1v) is 7.96. The number of hydrogen-bond acceptors (Lipinski definition) is 3. The molecule has 0 saturated carbocycles. The number of fused-ring (bicyclic) bond motifs is 1. The van der Waals surface area contributed by atoms with E-state index in [0.717, 1.165) is 22.6 Å². The molecule has 1 N–H and O–H groups in total. The first-order valence-electron chi connectivity index (χ1n) is 7.96. The predicted molar refractivity (Wildman–Crippen MR) is 92.3 cm³/mol. The Kier molecular flexibility index (Phi) is 4.51. The smallest absolute Gasteiger partial charge is 0.251 e. The van der Waals surface area contributed by atoms with E-state index in [1.165, 1.54) is 0 Å². The zero-order chi connectivity index (χ0) is 17.1. The van der Waals surface area contributed by atoms with Crippen molar-refractivity contribution in [2.75, 3.05) is 18.6 Å². The predicted octanol–water partition coefficient (Wildman–Crippen LogP) is 2.53. The molecule has 124 valence electrons. The van der Waals surface area contributed by atoms with Gasteiger partial charge in [0, 0.05) is 24.3 Å². The van der Waals surface area contributed by atoms with Crippen LogP contribution in [-0.2, 0) is 17.8 Å². The van der Waals surface area contributed by atoms with Crippen LogP contribution in [0.5, 0.6) is 5.75 Å². The lowest BCUT2D eigenvalue weighted by atomic mass is 10.1. The Bertz CT molecular complexity index is 786. The number of likely N-dealkylation sites (N-methyl/N-ethyl adjacent to an activating group) is 1. The average Bonchev–Trinajstić information content (AvgIpc) is 2.93. The van der Waals surface area contributed by atoms with Crippen molar-refractivity contribution < 1.29 is 14.3 Å². The summed E-state index contributed by atoms with van der Waals surface area (Å²) in [6, 6.07) is 13.0. The van der Waals surface area contributed by atoms with E-state index in [0.29, 0.717) is 25.1 Å². The van der Waals surface area contributed by atoms with Crippen molar-refractivity contribution in [1.82, 2.24) is 5.32 Å². The molecular formula is C19H20N2O3. The summed E-state index contributed by atoms with van der Waals surface area (Å²) in [5, 5.41) is 2.90. The molecule has 2 amide bonds. The van der Waals surface area contributed by atoms with Crippen molar-refractivity contribution in [3.05, 3.63) is 59.2 Å². The molecule has 2 aromatic carbocycles. The summed E-state index contributed by atoms with van der Waals surface area (Å²) in [6.07, 6.45) is 0.361. The highest BCUT2D eigenvalue weighted by Gasteiger charge is 2.26. The summed E-state index contributed by atoms with van der Waals surface area (Å²) >= 11 is 0. The Labute approximate surface area is 141 Å². The summed E-state index contributed by atoms with van der Waals surface area (Å²) in [6.45, 7) is 3.02. The van der Waals surface area contributed by atoms with Gasteiger partial charge in [-0.2, -0.15) is 0 Å². The normalized spacial score (nSPS) is 12.9. The second kappa shape index (κ2) is 6.74. The number of hydrogen-bond donors (Lipinski definition) is 1. The van der Waals surface area contributed by atoms with Crippen LogP contribution in [0.15, 0.2) is 42.5 Å². The Balaban J connectivity index is 1.70. The summed E-state index contributed by atoms with van der Waals surface area (Å²) in [5.41, 5.74) is 3.36. The van der Waals surface area contributed by atoms with Crippen LogP contribution in [0.2, 0.25) is 0 Å². The van der Waals surface area contributed by atoms with E-state index in [1.54, 1.807) is 18.1 Å². The highest BCUT2D eigenvalue weighted by Crippen LogP contribution is 2.29. The second-order valence-corrected chi connectivity index (χ2v) is 5.69. The van der Waals surface area contributed by atoms with E-state index >= 15 is 0 Å². The maximum absolute atomic E-state index is 12.4. The third kappa shape index (κ3) is 3.11. The van der Waals surface area contributed by atoms with E-state index < -0.39 is 0 Å². The maximum Gasteiger partial charge on any atom is 0.251 e. The molecule has 3 rings (SSSR count). The molecule has 0 radical (unpaired) electrons. The summed E-state index contributed by atoms with van der Waals surface area (Å²) in [4.78, 5) is 26.0. The Morgan fingerprint density at radius 2 is 2.08 bits per heavy atom. The van der Waals surface area contributed by atoms with E-state index in [9.17, 15) is 9.59 Å². The molecule has 5 heteroatoms. The number of carbonyl (C=O) groups excluding carboxylic acids is 2. The van der Waals surface area contributed by atoms with Crippen molar-refractivity contribution in [1.29, 1.82) is 0 Å². The fourth-order valence-corrected chi connectivity index (χ4v) is 2.94. The SMILES string of the molecule is CCN1C(=O)Cc2cc(C(=O)NCc3cccc(OC)c3)ccc21. The van der Waals surface area contributed by atoms with Gasteiger partial charge in [-0.1, -0.05) is 12.1 Å². The lowest BCUT2D eigenvalue weighted by Gasteiger charge is -2.14. The molecule has 1 aliphatic heterocycles. The van der Waals surface area contributed by atoms with Crippen LogP contribution in [0.1, 0.15) is 28.4 Å². The van der Waals surface area contributed by atoms with Crippen LogP contribution >= 0.6 is 0 Å². The van der Waals surface area contributed by atoms with Gasteiger partial charge >= 0.3 is 0 Å². The van der Waals surface area contributed by atoms with Gasteiger partial charge in [0.15, 0.2) is 0 Å². The van der Waals surface area contributed by atoms with Gasteiger partial charge in [-0.3, -0.25) is 9.59 Å². The summed E-state index contributed by atoms with van der Waals surface area (Å²) < 4.78 is 5.18. The Morgan fingerprint density at radius 3 is 2.83 bits per heavy atom. The van der Waals surface area contributed by atoms with Crippen molar-refractivity contribution in [2.45, 2.75) is 19.9 Å². The van der Waals surface area contributed by atoms with E-state index in [4.69, 9.17) is 4.74 Å². The van der Waals surface area contributed by atoms with Gasteiger partial charge < -0.3 is 15.0 Å². The topological polar surface area (TPSA) is 58.6 Å². The standard InChI is InChI=1S/C19H20N2O3/c1-3-21-17-8-7-14(10-15(17)11-18(21)22)19(23)20-12-13-5-4-6-16(9-13)24-2/h4-10H,3,11-12H2,1-2H3,(H,20,23). The zero-order valence-corrected chi connectivity index (χ0v) is 13.8. The number of anilines is 1. The maximum atomic E-state index is 12.4. The molecule has 0 spiro atoms. The first kappa shape index (κ1) is 16.1. The van der Waals surface area contributed by atoms with Crippen molar-refractivity contribution in [3.8, 4) is 5.75 Å². The molecule has 5 nitrogen and oxygen atoms in total. The minimum atomic E-state index is -0.150. The molecule has 0 fully saturated rings. The van der Waals surface area contributed by atoms with Crippen LogP contribution in [-0.4, -0.2) is 25.5 Å². The number of nitrogens with one attached hydrogen (secondary N) is 1. The first-order chi connectivity index (χ1) is 11.6. The van der Waals surface area contributed by atoms with Gasteiger partial charge in [0.05, 0.1) is 13.5 Å². The van der Waals surface area contributed by atoms with Crippen molar-refractivity contribution in [2.24, 2.45) is 0 Å². The van der Waals surface area contributed by atoms with Gasteiger partial charge in [0.2, 0.25) is 5.91 Å². The second-order valence-electron chi connectivity index (χ2n) is 5.69. The number of ether oxygens (including phenoxy) is 1. The minimum Gasteiger partial charge on any atom is -0.497 e. The molecule has 1 aliphatic rings. The van der Waals surface area contributed by atoms with Crippen LogP contribution < -0.4 is 15.0 Å². The van der Waals surface area contributed by atoms with Gasteiger partial charge in [0.1, 0.15) is 5.75 Å². The number of nitrogens with zero attached hydrogens (tertiary/aromatic N) is 1. The van der Waals surface area contributed by atoms with Crippen LogP contribution in [0.25, 0.3) is 0 Å². The molecule has 0 unspecified atom stereocenters. The Hall–Kier alpha value is -2.82. The lowest BCUT2D eigenvalue weighted by molar-refractivity contribution is -0.117. The molecule has 0 bridgehead atoms. The number of methoxy groups -OCH3 is 1. The van der Waals surface area contributed by atoms with Gasteiger partial charge in [-0.15, -0.1) is 0 Å². The highest BCUT2D eigenvalue weighted by molar-refractivity contribution is 6.03. The van der Waals surface area contributed by atoms with Crippen molar-refractivity contribution >= 4 is 17.5 Å². The van der Waals surface area contributed by atoms with Crippen molar-refractivity contribution in [3.63, 3.8) is 0 Å². The summed E-state index contributed by atoms with van der Waals surface area (Å²) in [7, 11) is 1.61. The molecule has 2 aromatic rings. The molecule has 0 atom stereocenters. The van der Waals surface area contributed by atoms with Gasteiger partial charge in [-0.05, 0) is 48.4 Å². The number of benzene rings is 2. The molecule has 0 aromatic heterocycles. The van der Waals surface area contributed by atoms with Gasteiger partial charge in [-0.25, -0.2) is 0 Å². The molecule has 24 heavy (non-hydrogen) atoms. The number of amides is 2. The average molecular weight is 324 g/mol. The zero-order valence-electron chi connectivity index (χ0n) is 13.8. The highest BCUT2D eigenvalue weighted by atomic mass is 16.5.